The Morgan fingerprint density at radius 1 is 0.909 bits per heavy atom. The van der Waals surface area contributed by atoms with Gasteiger partial charge in [0, 0.05) is 18.8 Å². The predicted octanol–water partition coefficient (Wildman–Crippen LogP) is 1.15. The number of benzene rings is 2. The highest BCUT2D eigenvalue weighted by molar-refractivity contribution is 7.89. The van der Waals surface area contributed by atoms with Gasteiger partial charge in [-0.1, -0.05) is 24.3 Å². The molecule has 2 aromatic rings. The first-order valence-electron chi connectivity index (χ1n) is 10.3. The van der Waals surface area contributed by atoms with Gasteiger partial charge in [0.1, 0.15) is 12.3 Å². The van der Waals surface area contributed by atoms with Crippen LogP contribution in [0.5, 0.6) is 5.75 Å². The van der Waals surface area contributed by atoms with Crippen LogP contribution in [0.4, 0.5) is 5.69 Å². The third kappa shape index (κ3) is 7.29. The number of carbonyl (C=O) groups excluding carboxylic acids is 3. The molecule has 2 amide bonds. The van der Waals surface area contributed by atoms with E-state index < -0.39 is 41.0 Å². The fraction of sp³-hybridized carbons (Fsp3) is 0.318. The summed E-state index contributed by atoms with van der Waals surface area (Å²) in [7, 11) is -3.61. The van der Waals surface area contributed by atoms with Gasteiger partial charge < -0.3 is 20.1 Å². The molecule has 2 aromatic carbocycles. The number of nitrogens with zero attached hydrogens (tertiary/aromatic N) is 1. The van der Waals surface area contributed by atoms with Crippen molar-refractivity contribution in [2.45, 2.75) is 17.7 Å². The number of esters is 1. The second-order valence-corrected chi connectivity index (χ2v) is 9.16. The van der Waals surface area contributed by atoms with Gasteiger partial charge in [0.15, 0.2) is 13.2 Å². The molecule has 10 nitrogen and oxygen atoms in total. The van der Waals surface area contributed by atoms with E-state index in [2.05, 4.69) is 10.6 Å². The monoisotopic (exact) mass is 475 g/mol. The second-order valence-electron chi connectivity index (χ2n) is 7.23. The molecular formula is C22H25N3O7S. The van der Waals surface area contributed by atoms with Gasteiger partial charge in [-0.3, -0.25) is 14.4 Å². The van der Waals surface area contributed by atoms with E-state index in [-0.39, 0.29) is 17.2 Å². The number of hydrogen-bond donors (Lipinski definition) is 2. The molecule has 11 heteroatoms. The summed E-state index contributed by atoms with van der Waals surface area (Å²) in [6.07, 6.45) is 1.64. The maximum atomic E-state index is 12.6. The number of anilines is 1. The van der Waals surface area contributed by atoms with Crippen molar-refractivity contribution in [1.82, 2.24) is 9.62 Å². The number of sulfonamides is 1. The molecule has 0 atom stereocenters. The zero-order chi connectivity index (χ0) is 23.7. The Kier molecular flexibility index (Phi) is 8.39. The minimum atomic E-state index is -3.61. The van der Waals surface area contributed by atoms with Crippen molar-refractivity contribution in [3.63, 3.8) is 0 Å². The van der Waals surface area contributed by atoms with Crippen LogP contribution in [0.3, 0.4) is 0 Å². The third-order valence-corrected chi connectivity index (χ3v) is 6.62. The van der Waals surface area contributed by atoms with E-state index >= 15 is 0 Å². The van der Waals surface area contributed by atoms with Gasteiger partial charge >= 0.3 is 5.97 Å². The van der Waals surface area contributed by atoms with Crippen LogP contribution < -0.4 is 15.4 Å². The van der Waals surface area contributed by atoms with Crippen LogP contribution in [0.2, 0.25) is 0 Å². The van der Waals surface area contributed by atoms with Gasteiger partial charge in [-0.15, -0.1) is 0 Å². The summed E-state index contributed by atoms with van der Waals surface area (Å²) in [5, 5.41) is 4.83. The number of hydrogen-bond acceptors (Lipinski definition) is 7. The molecule has 1 heterocycles. The maximum absolute atomic E-state index is 12.6. The molecule has 0 spiro atoms. The van der Waals surface area contributed by atoms with Crippen LogP contribution in [0.1, 0.15) is 12.8 Å². The lowest BCUT2D eigenvalue weighted by Crippen LogP contribution is -2.35. The van der Waals surface area contributed by atoms with Gasteiger partial charge in [-0.25, -0.2) is 8.42 Å². The molecule has 0 unspecified atom stereocenters. The number of para-hydroxylation sites is 1. The smallest absolute Gasteiger partial charge is 0.325 e. The lowest BCUT2D eigenvalue weighted by Gasteiger charge is -2.16. The number of amides is 2. The molecule has 3 rings (SSSR count). The van der Waals surface area contributed by atoms with Crippen LogP contribution >= 0.6 is 0 Å². The highest BCUT2D eigenvalue weighted by atomic mass is 32.2. The summed E-state index contributed by atoms with van der Waals surface area (Å²) in [6, 6.07) is 14.6. The van der Waals surface area contributed by atoms with Gasteiger partial charge in [-0.05, 0) is 43.2 Å². The van der Waals surface area contributed by atoms with Crippen LogP contribution in [0, 0.1) is 0 Å². The lowest BCUT2D eigenvalue weighted by atomic mass is 10.3. The molecule has 176 valence electrons. The summed E-state index contributed by atoms with van der Waals surface area (Å²) in [5.74, 6) is -1.44. The van der Waals surface area contributed by atoms with Crippen LogP contribution in [-0.4, -0.2) is 63.4 Å². The normalized spacial score (nSPS) is 13.8. The summed E-state index contributed by atoms with van der Waals surface area (Å²) in [6.45, 7) is -0.325. The molecule has 1 fully saturated rings. The number of ether oxygens (including phenoxy) is 2. The highest BCUT2D eigenvalue weighted by Gasteiger charge is 2.27. The Balaban J connectivity index is 1.40. The van der Waals surface area contributed by atoms with E-state index in [4.69, 9.17) is 9.47 Å². The molecular weight excluding hydrogens is 450 g/mol. The van der Waals surface area contributed by atoms with Gasteiger partial charge in [-0.2, -0.15) is 4.31 Å². The third-order valence-electron chi connectivity index (χ3n) is 4.73. The first-order valence-corrected chi connectivity index (χ1v) is 11.8. The number of nitrogens with one attached hydrogen (secondary N) is 2. The van der Waals surface area contributed by atoms with Gasteiger partial charge in [0.25, 0.3) is 11.8 Å². The Morgan fingerprint density at radius 3 is 2.36 bits per heavy atom. The summed E-state index contributed by atoms with van der Waals surface area (Å²) in [4.78, 5) is 35.7. The maximum Gasteiger partial charge on any atom is 0.325 e. The second kappa shape index (κ2) is 11.4. The first kappa shape index (κ1) is 24.2. The summed E-state index contributed by atoms with van der Waals surface area (Å²) < 4.78 is 36.8. The Hall–Kier alpha value is -3.44. The standard InChI is InChI=1S/C22H25N3O7S/c26-20(15-31-18-8-2-1-3-9-18)23-14-22(28)32-16-21(27)24-17-7-6-10-19(13-17)33(29,30)25-11-4-5-12-25/h1-3,6-10,13H,4-5,11-12,14-16H2,(H,23,26)(H,24,27). The van der Waals surface area contributed by atoms with Crippen LogP contribution in [0.25, 0.3) is 0 Å². The molecule has 0 bridgehead atoms. The fourth-order valence-corrected chi connectivity index (χ4v) is 4.66. The molecule has 1 saturated heterocycles. The minimum absolute atomic E-state index is 0.0830. The lowest BCUT2D eigenvalue weighted by molar-refractivity contribution is -0.147. The van der Waals surface area contributed by atoms with Crippen molar-refractivity contribution >= 4 is 33.5 Å². The highest BCUT2D eigenvalue weighted by Crippen LogP contribution is 2.23. The Bertz CT molecular complexity index is 1080. The molecule has 0 saturated carbocycles. The van der Waals surface area contributed by atoms with Crippen LogP contribution in [0.15, 0.2) is 59.5 Å². The zero-order valence-electron chi connectivity index (χ0n) is 17.9. The van der Waals surface area contributed by atoms with E-state index in [1.54, 1.807) is 24.3 Å². The fourth-order valence-electron chi connectivity index (χ4n) is 3.09. The topological polar surface area (TPSA) is 131 Å². The van der Waals surface area contributed by atoms with Crippen molar-refractivity contribution in [3.05, 3.63) is 54.6 Å². The van der Waals surface area contributed by atoms with Crippen molar-refractivity contribution in [3.8, 4) is 5.75 Å². The minimum Gasteiger partial charge on any atom is -0.484 e. The molecule has 0 aliphatic carbocycles. The predicted molar refractivity (Wildman–Crippen MR) is 119 cm³/mol. The molecule has 1 aliphatic rings. The van der Waals surface area contributed by atoms with E-state index in [0.717, 1.165) is 12.8 Å². The first-order chi connectivity index (χ1) is 15.8. The molecule has 0 aromatic heterocycles. The Labute approximate surface area is 191 Å². The molecule has 2 N–H and O–H groups in total. The summed E-state index contributed by atoms with van der Waals surface area (Å²) in [5.41, 5.74) is 0.266. The SMILES string of the molecule is O=C(COc1ccccc1)NCC(=O)OCC(=O)Nc1cccc(S(=O)(=O)N2CCCC2)c1. The molecule has 33 heavy (non-hydrogen) atoms. The van der Waals surface area contributed by atoms with Gasteiger partial charge in [0.2, 0.25) is 10.0 Å². The van der Waals surface area contributed by atoms with E-state index in [9.17, 15) is 22.8 Å². The average molecular weight is 476 g/mol. The quantitative estimate of drug-likeness (QED) is 0.493. The largest absolute Gasteiger partial charge is 0.484 e. The van der Waals surface area contributed by atoms with E-state index in [0.29, 0.717) is 18.8 Å². The Morgan fingerprint density at radius 2 is 1.64 bits per heavy atom. The summed E-state index contributed by atoms with van der Waals surface area (Å²) >= 11 is 0. The number of rotatable bonds is 10. The zero-order valence-corrected chi connectivity index (χ0v) is 18.7. The molecule has 0 radical (unpaired) electrons. The molecule has 1 aliphatic heterocycles. The van der Waals surface area contributed by atoms with Crippen molar-refractivity contribution < 1.29 is 32.3 Å². The van der Waals surface area contributed by atoms with Crippen LogP contribution in [-0.2, 0) is 29.1 Å². The van der Waals surface area contributed by atoms with Crippen molar-refractivity contribution in [2.75, 3.05) is 38.2 Å². The van der Waals surface area contributed by atoms with E-state index in [1.807, 2.05) is 6.07 Å². The van der Waals surface area contributed by atoms with E-state index in [1.165, 1.54) is 28.6 Å². The van der Waals surface area contributed by atoms with Gasteiger partial charge in [0.05, 0.1) is 4.90 Å². The average Bonchev–Trinajstić information content (AvgIpc) is 3.37. The van der Waals surface area contributed by atoms with Crippen molar-refractivity contribution in [2.24, 2.45) is 0 Å². The number of carbonyl (C=O) groups is 3. The van der Waals surface area contributed by atoms with Crippen molar-refractivity contribution in [1.29, 1.82) is 0 Å².